The number of hydrogen-bond donors (Lipinski definition) is 1. The first-order chi connectivity index (χ1) is 12.0. The van der Waals surface area contributed by atoms with Crippen molar-refractivity contribution in [3.63, 3.8) is 0 Å². The molecular weight excluding hydrogens is 336 g/mol. The van der Waals surface area contributed by atoms with Gasteiger partial charge in [0.1, 0.15) is 5.41 Å². The second-order valence-electron chi connectivity index (χ2n) is 6.35. The van der Waals surface area contributed by atoms with Gasteiger partial charge in [0, 0.05) is 23.8 Å². The van der Waals surface area contributed by atoms with Crippen LogP contribution in [0.2, 0.25) is 5.02 Å². The summed E-state index contributed by atoms with van der Waals surface area (Å²) < 4.78 is 0. The second kappa shape index (κ2) is 7.28. The minimum absolute atomic E-state index is 0.0923. The molecule has 5 heteroatoms. The van der Waals surface area contributed by atoms with Crippen molar-refractivity contribution in [1.29, 1.82) is 0 Å². The Bertz CT molecular complexity index is 755. The summed E-state index contributed by atoms with van der Waals surface area (Å²) >= 11 is 5.86. The lowest BCUT2D eigenvalue weighted by atomic mass is 10.0. The van der Waals surface area contributed by atoms with Crippen molar-refractivity contribution in [2.45, 2.75) is 26.3 Å². The van der Waals surface area contributed by atoms with Gasteiger partial charge < -0.3 is 10.2 Å². The smallest absolute Gasteiger partial charge is 0.240 e. The maximum atomic E-state index is 13.0. The first-order valence-corrected chi connectivity index (χ1v) is 8.83. The highest BCUT2D eigenvalue weighted by atomic mass is 35.5. The fourth-order valence-electron chi connectivity index (χ4n) is 2.88. The van der Waals surface area contributed by atoms with Crippen LogP contribution in [-0.2, 0) is 16.1 Å². The van der Waals surface area contributed by atoms with Crippen molar-refractivity contribution < 1.29 is 9.59 Å². The molecule has 1 aliphatic rings. The Morgan fingerprint density at radius 2 is 1.72 bits per heavy atom. The van der Waals surface area contributed by atoms with Gasteiger partial charge in [0.15, 0.2) is 0 Å². The molecule has 0 bridgehead atoms. The molecule has 1 aliphatic carbocycles. The van der Waals surface area contributed by atoms with E-state index in [9.17, 15) is 9.59 Å². The summed E-state index contributed by atoms with van der Waals surface area (Å²) in [7, 11) is 0. The van der Waals surface area contributed by atoms with Gasteiger partial charge in [-0.2, -0.15) is 0 Å². The van der Waals surface area contributed by atoms with Gasteiger partial charge in [-0.1, -0.05) is 41.9 Å². The number of carbonyl (C=O) groups is 2. The van der Waals surface area contributed by atoms with Crippen LogP contribution in [0.1, 0.15) is 25.3 Å². The van der Waals surface area contributed by atoms with Gasteiger partial charge in [-0.15, -0.1) is 0 Å². The highest BCUT2D eigenvalue weighted by Gasteiger charge is 2.57. The lowest BCUT2D eigenvalue weighted by Crippen LogP contribution is -2.42. The molecule has 4 nitrogen and oxygen atoms in total. The standard InChI is InChI=1S/C20H21ClN2O2/c1-2-23(14-15-6-4-3-5-7-15)19(25)20(12-13-20)18(24)22-17-10-8-16(21)9-11-17/h3-11H,2,12-14H2,1H3,(H,22,24). The van der Waals surface area contributed by atoms with Crippen LogP contribution < -0.4 is 5.32 Å². The summed E-state index contributed by atoms with van der Waals surface area (Å²) in [6.45, 7) is 3.03. The van der Waals surface area contributed by atoms with E-state index in [0.29, 0.717) is 36.6 Å². The number of nitrogens with one attached hydrogen (secondary N) is 1. The van der Waals surface area contributed by atoms with Gasteiger partial charge in [0.2, 0.25) is 11.8 Å². The SMILES string of the molecule is CCN(Cc1ccccc1)C(=O)C1(C(=O)Nc2ccc(Cl)cc2)CC1. The van der Waals surface area contributed by atoms with Crippen molar-refractivity contribution in [3.8, 4) is 0 Å². The number of carbonyl (C=O) groups excluding carboxylic acids is 2. The Morgan fingerprint density at radius 1 is 1.08 bits per heavy atom. The number of benzene rings is 2. The van der Waals surface area contributed by atoms with Crippen LogP contribution in [0.25, 0.3) is 0 Å². The van der Waals surface area contributed by atoms with Crippen LogP contribution in [-0.4, -0.2) is 23.3 Å². The summed E-state index contributed by atoms with van der Waals surface area (Å²) in [5.74, 6) is -0.323. The monoisotopic (exact) mass is 356 g/mol. The number of amides is 2. The zero-order valence-corrected chi connectivity index (χ0v) is 14.9. The third-order valence-corrected chi connectivity index (χ3v) is 4.83. The summed E-state index contributed by atoms with van der Waals surface area (Å²) in [4.78, 5) is 27.5. The third kappa shape index (κ3) is 3.85. The molecule has 0 aliphatic heterocycles. The summed E-state index contributed by atoms with van der Waals surface area (Å²) in [5.41, 5.74) is 0.788. The van der Waals surface area contributed by atoms with E-state index in [0.717, 1.165) is 5.56 Å². The average molecular weight is 357 g/mol. The molecule has 2 amide bonds. The number of anilines is 1. The van der Waals surface area contributed by atoms with Gasteiger partial charge >= 0.3 is 0 Å². The van der Waals surface area contributed by atoms with E-state index < -0.39 is 5.41 Å². The first kappa shape index (κ1) is 17.5. The topological polar surface area (TPSA) is 49.4 Å². The molecule has 0 atom stereocenters. The van der Waals surface area contributed by atoms with E-state index in [1.165, 1.54) is 0 Å². The van der Waals surface area contributed by atoms with E-state index in [4.69, 9.17) is 11.6 Å². The lowest BCUT2D eigenvalue weighted by molar-refractivity contribution is -0.142. The normalized spacial score (nSPS) is 14.6. The molecule has 2 aromatic rings. The van der Waals surface area contributed by atoms with Crippen LogP contribution in [0.15, 0.2) is 54.6 Å². The fraction of sp³-hybridized carbons (Fsp3) is 0.300. The Kier molecular flexibility index (Phi) is 5.09. The fourth-order valence-corrected chi connectivity index (χ4v) is 3.01. The Morgan fingerprint density at radius 3 is 2.28 bits per heavy atom. The van der Waals surface area contributed by atoms with E-state index in [2.05, 4.69) is 5.32 Å². The minimum Gasteiger partial charge on any atom is -0.338 e. The molecule has 0 radical (unpaired) electrons. The summed E-state index contributed by atoms with van der Waals surface area (Å²) in [6.07, 6.45) is 1.19. The molecule has 2 aromatic carbocycles. The molecule has 25 heavy (non-hydrogen) atoms. The van der Waals surface area contributed by atoms with Gasteiger partial charge in [0.05, 0.1) is 0 Å². The number of hydrogen-bond acceptors (Lipinski definition) is 2. The predicted molar refractivity (Wildman–Crippen MR) is 99.3 cm³/mol. The van der Waals surface area contributed by atoms with Crippen molar-refractivity contribution in [3.05, 3.63) is 65.2 Å². The zero-order chi connectivity index (χ0) is 17.9. The zero-order valence-electron chi connectivity index (χ0n) is 14.2. The van der Waals surface area contributed by atoms with Crippen LogP contribution in [0.5, 0.6) is 0 Å². The van der Waals surface area contributed by atoms with Crippen LogP contribution >= 0.6 is 11.6 Å². The Hall–Kier alpha value is -2.33. The molecule has 0 unspecified atom stereocenters. The van der Waals surface area contributed by atoms with E-state index in [1.54, 1.807) is 29.2 Å². The van der Waals surface area contributed by atoms with Gasteiger partial charge in [-0.25, -0.2) is 0 Å². The van der Waals surface area contributed by atoms with Crippen LogP contribution in [0.3, 0.4) is 0 Å². The van der Waals surface area contributed by atoms with Gasteiger partial charge in [-0.05, 0) is 49.6 Å². The molecule has 3 rings (SSSR count). The minimum atomic E-state index is -0.926. The van der Waals surface area contributed by atoms with Crippen molar-refractivity contribution in [1.82, 2.24) is 4.90 Å². The molecule has 0 spiro atoms. The van der Waals surface area contributed by atoms with E-state index >= 15 is 0 Å². The van der Waals surface area contributed by atoms with E-state index in [1.807, 2.05) is 37.3 Å². The highest BCUT2D eigenvalue weighted by molar-refractivity contribution is 6.30. The molecule has 0 saturated heterocycles. The largest absolute Gasteiger partial charge is 0.338 e. The summed E-state index contributed by atoms with van der Waals surface area (Å²) in [6, 6.07) is 16.7. The van der Waals surface area contributed by atoms with Gasteiger partial charge in [0.25, 0.3) is 0 Å². The molecule has 0 heterocycles. The molecule has 130 valence electrons. The average Bonchev–Trinajstić information content (AvgIpc) is 3.44. The number of rotatable bonds is 6. The Labute approximate surface area is 152 Å². The van der Waals surface area contributed by atoms with E-state index in [-0.39, 0.29) is 11.8 Å². The highest BCUT2D eigenvalue weighted by Crippen LogP contribution is 2.48. The molecule has 0 aromatic heterocycles. The van der Waals surface area contributed by atoms with Gasteiger partial charge in [-0.3, -0.25) is 9.59 Å². The van der Waals surface area contributed by atoms with Crippen molar-refractivity contribution >= 4 is 29.1 Å². The second-order valence-corrected chi connectivity index (χ2v) is 6.78. The van der Waals surface area contributed by atoms with Crippen molar-refractivity contribution in [2.24, 2.45) is 5.41 Å². The molecule has 1 N–H and O–H groups in total. The predicted octanol–water partition coefficient (Wildman–Crippen LogP) is 4.11. The molecule has 1 fully saturated rings. The van der Waals surface area contributed by atoms with Crippen LogP contribution in [0, 0.1) is 5.41 Å². The number of halogens is 1. The third-order valence-electron chi connectivity index (χ3n) is 4.58. The quantitative estimate of drug-likeness (QED) is 0.792. The van der Waals surface area contributed by atoms with Crippen LogP contribution in [0.4, 0.5) is 5.69 Å². The maximum Gasteiger partial charge on any atom is 0.240 e. The number of nitrogens with zero attached hydrogens (tertiary/aromatic N) is 1. The maximum absolute atomic E-state index is 13.0. The first-order valence-electron chi connectivity index (χ1n) is 8.45. The molecule has 1 saturated carbocycles. The Balaban J connectivity index is 1.70. The van der Waals surface area contributed by atoms with Crippen molar-refractivity contribution in [2.75, 3.05) is 11.9 Å². The lowest BCUT2D eigenvalue weighted by Gasteiger charge is -2.26. The summed E-state index contributed by atoms with van der Waals surface area (Å²) in [5, 5.41) is 3.46. The molecular formula is C20H21ClN2O2.